The van der Waals surface area contributed by atoms with Crippen LogP contribution < -0.4 is 0 Å². The van der Waals surface area contributed by atoms with Crippen LogP contribution in [0.4, 0.5) is 0 Å². The highest BCUT2D eigenvalue weighted by Crippen LogP contribution is 2.35. The van der Waals surface area contributed by atoms with Crippen molar-refractivity contribution >= 4 is 55.5 Å². The first-order chi connectivity index (χ1) is 10.8. The van der Waals surface area contributed by atoms with Gasteiger partial charge in [0, 0.05) is 16.3 Å². The summed E-state index contributed by atoms with van der Waals surface area (Å²) < 4.78 is 0. The van der Waals surface area contributed by atoms with Gasteiger partial charge >= 0.3 is 0 Å². The Balaban J connectivity index is 2.04. The maximum Gasteiger partial charge on any atom is 0.110 e. The van der Waals surface area contributed by atoms with Gasteiger partial charge in [-0.25, -0.2) is 9.97 Å². The summed E-state index contributed by atoms with van der Waals surface area (Å²) in [6, 6.07) is 18.1. The van der Waals surface area contributed by atoms with Crippen molar-refractivity contribution in [2.45, 2.75) is 0 Å². The number of hydrogen-bond donors (Lipinski definition) is 1. The second-order valence-electron chi connectivity index (χ2n) is 5.36. The Bertz CT molecular complexity index is 1180. The Labute approximate surface area is 130 Å². The highest BCUT2D eigenvalue weighted by molar-refractivity contribution is 6.41. The van der Waals surface area contributed by atoms with E-state index in [0.717, 1.165) is 43.9 Å². The Hall–Kier alpha value is -2.65. The highest BCUT2D eigenvalue weighted by atomic mass is 35.5. The number of nitrogens with zero attached hydrogens (tertiary/aromatic N) is 2. The van der Waals surface area contributed by atoms with Crippen molar-refractivity contribution in [3.63, 3.8) is 0 Å². The van der Waals surface area contributed by atoms with Crippen LogP contribution in [0.5, 0.6) is 0 Å². The van der Waals surface area contributed by atoms with Gasteiger partial charge in [0.15, 0.2) is 0 Å². The lowest BCUT2D eigenvalue weighted by Crippen LogP contribution is -1.88. The number of para-hydroxylation sites is 3. The number of aromatic amines is 1. The van der Waals surface area contributed by atoms with Gasteiger partial charge in [0.2, 0.25) is 0 Å². The summed E-state index contributed by atoms with van der Waals surface area (Å²) in [4.78, 5) is 12.8. The molecule has 0 aliphatic heterocycles. The van der Waals surface area contributed by atoms with E-state index in [1.807, 2.05) is 42.5 Å². The minimum Gasteiger partial charge on any atom is -0.353 e. The molecule has 3 nitrogen and oxygen atoms in total. The Morgan fingerprint density at radius 1 is 0.773 bits per heavy atom. The number of fused-ring (bicyclic) bond motifs is 5. The molecule has 0 saturated heterocycles. The molecule has 0 amide bonds. The second kappa shape index (κ2) is 4.18. The van der Waals surface area contributed by atoms with Gasteiger partial charge in [-0.1, -0.05) is 41.9 Å². The van der Waals surface area contributed by atoms with Gasteiger partial charge in [-0.3, -0.25) is 0 Å². The molecule has 4 heteroatoms. The van der Waals surface area contributed by atoms with Crippen LogP contribution in [0.3, 0.4) is 0 Å². The van der Waals surface area contributed by atoms with Gasteiger partial charge in [0.05, 0.1) is 27.1 Å². The maximum atomic E-state index is 6.61. The van der Waals surface area contributed by atoms with E-state index < -0.39 is 0 Å². The summed E-state index contributed by atoms with van der Waals surface area (Å²) in [5.41, 5.74) is 5.28. The first-order valence-electron chi connectivity index (χ1n) is 7.07. The molecule has 3 aromatic carbocycles. The van der Waals surface area contributed by atoms with Gasteiger partial charge in [0.25, 0.3) is 0 Å². The first kappa shape index (κ1) is 12.0. The van der Waals surface area contributed by atoms with Crippen molar-refractivity contribution in [2.24, 2.45) is 0 Å². The molecule has 5 rings (SSSR count). The molecule has 1 N–H and O–H groups in total. The standard InChI is InChI=1S/C18H10ClN3/c19-16-17-11(10-5-1-2-6-12(10)21-17)9-15-18(16)22-14-8-4-3-7-13(14)20-15/h1-9,21H. The average molecular weight is 304 g/mol. The van der Waals surface area contributed by atoms with E-state index in [1.54, 1.807) is 0 Å². The van der Waals surface area contributed by atoms with E-state index >= 15 is 0 Å². The van der Waals surface area contributed by atoms with Gasteiger partial charge < -0.3 is 4.98 Å². The molecule has 0 bridgehead atoms. The summed E-state index contributed by atoms with van der Waals surface area (Å²) in [5.74, 6) is 0. The third-order valence-electron chi connectivity index (χ3n) is 4.05. The molecular weight excluding hydrogens is 294 g/mol. The minimum absolute atomic E-state index is 0.627. The van der Waals surface area contributed by atoms with Gasteiger partial charge in [0.1, 0.15) is 5.52 Å². The zero-order valence-corrected chi connectivity index (χ0v) is 12.2. The lowest BCUT2D eigenvalue weighted by molar-refractivity contribution is 1.40. The van der Waals surface area contributed by atoms with E-state index in [4.69, 9.17) is 16.6 Å². The first-order valence-corrected chi connectivity index (χ1v) is 7.44. The van der Waals surface area contributed by atoms with Crippen LogP contribution >= 0.6 is 11.6 Å². The minimum atomic E-state index is 0.627. The van der Waals surface area contributed by atoms with Crippen LogP contribution in [-0.4, -0.2) is 15.0 Å². The van der Waals surface area contributed by atoms with Crippen molar-refractivity contribution in [1.82, 2.24) is 15.0 Å². The maximum absolute atomic E-state index is 6.61. The molecule has 0 aliphatic rings. The number of H-pyrrole nitrogens is 1. The van der Waals surface area contributed by atoms with E-state index in [2.05, 4.69) is 22.1 Å². The number of rotatable bonds is 0. The molecule has 0 atom stereocenters. The fourth-order valence-electron chi connectivity index (χ4n) is 3.02. The van der Waals surface area contributed by atoms with Crippen LogP contribution in [0.1, 0.15) is 0 Å². The summed E-state index contributed by atoms with van der Waals surface area (Å²) in [6.45, 7) is 0. The van der Waals surface area contributed by atoms with Crippen LogP contribution in [0.25, 0.3) is 43.9 Å². The van der Waals surface area contributed by atoms with Crippen molar-refractivity contribution in [1.29, 1.82) is 0 Å². The fourth-order valence-corrected chi connectivity index (χ4v) is 3.31. The zero-order chi connectivity index (χ0) is 14.7. The third kappa shape index (κ3) is 1.51. The van der Waals surface area contributed by atoms with Crippen molar-refractivity contribution in [3.8, 4) is 0 Å². The molecule has 0 radical (unpaired) electrons. The monoisotopic (exact) mass is 303 g/mol. The van der Waals surface area contributed by atoms with Crippen LogP contribution in [-0.2, 0) is 0 Å². The molecule has 0 spiro atoms. The lowest BCUT2D eigenvalue weighted by Gasteiger charge is -2.04. The van der Waals surface area contributed by atoms with E-state index in [0.29, 0.717) is 5.02 Å². The topological polar surface area (TPSA) is 41.6 Å². The van der Waals surface area contributed by atoms with E-state index in [1.165, 1.54) is 0 Å². The number of nitrogens with one attached hydrogen (secondary N) is 1. The SMILES string of the molecule is Clc1c2nc3ccccc3nc2cc2c1[nH]c1ccccc12. The summed E-state index contributed by atoms with van der Waals surface area (Å²) in [6.07, 6.45) is 0. The number of hydrogen-bond acceptors (Lipinski definition) is 2. The number of benzene rings is 3. The summed E-state index contributed by atoms with van der Waals surface area (Å²) >= 11 is 6.61. The number of halogens is 1. The molecule has 22 heavy (non-hydrogen) atoms. The molecule has 0 saturated carbocycles. The molecule has 2 heterocycles. The predicted octanol–water partition coefficient (Wildman–Crippen LogP) is 5.07. The van der Waals surface area contributed by atoms with Crippen LogP contribution in [0, 0.1) is 0 Å². The molecular formula is C18H10ClN3. The molecule has 0 fully saturated rings. The molecule has 104 valence electrons. The van der Waals surface area contributed by atoms with E-state index in [9.17, 15) is 0 Å². The Kier molecular flexibility index (Phi) is 2.27. The van der Waals surface area contributed by atoms with Crippen molar-refractivity contribution in [3.05, 3.63) is 59.6 Å². The molecule has 5 aromatic rings. The quantitative estimate of drug-likeness (QED) is 0.406. The van der Waals surface area contributed by atoms with Gasteiger partial charge in [-0.2, -0.15) is 0 Å². The summed E-state index contributed by atoms with van der Waals surface area (Å²) in [7, 11) is 0. The van der Waals surface area contributed by atoms with Gasteiger partial charge in [-0.05, 0) is 24.3 Å². The fraction of sp³-hybridized carbons (Fsp3) is 0. The molecule has 0 aliphatic carbocycles. The smallest absolute Gasteiger partial charge is 0.110 e. The highest BCUT2D eigenvalue weighted by Gasteiger charge is 2.13. The third-order valence-corrected chi connectivity index (χ3v) is 4.42. The predicted molar refractivity (Wildman–Crippen MR) is 91.4 cm³/mol. The second-order valence-corrected chi connectivity index (χ2v) is 5.74. The zero-order valence-electron chi connectivity index (χ0n) is 11.5. The van der Waals surface area contributed by atoms with Gasteiger partial charge in [-0.15, -0.1) is 0 Å². The molecule has 2 aromatic heterocycles. The average Bonchev–Trinajstić information content (AvgIpc) is 2.93. The number of aromatic nitrogens is 3. The summed E-state index contributed by atoms with van der Waals surface area (Å²) in [5, 5.41) is 2.86. The Morgan fingerprint density at radius 2 is 1.50 bits per heavy atom. The largest absolute Gasteiger partial charge is 0.353 e. The molecule has 0 unspecified atom stereocenters. The lowest BCUT2D eigenvalue weighted by atomic mass is 10.1. The van der Waals surface area contributed by atoms with Crippen LogP contribution in [0.2, 0.25) is 5.02 Å². The normalized spacial score (nSPS) is 11.9. The van der Waals surface area contributed by atoms with Crippen LogP contribution in [0.15, 0.2) is 54.6 Å². The Morgan fingerprint density at radius 3 is 2.36 bits per heavy atom. The van der Waals surface area contributed by atoms with Crippen molar-refractivity contribution in [2.75, 3.05) is 0 Å². The van der Waals surface area contributed by atoms with E-state index in [-0.39, 0.29) is 0 Å². The van der Waals surface area contributed by atoms with Crippen molar-refractivity contribution < 1.29 is 0 Å².